The van der Waals surface area contributed by atoms with Gasteiger partial charge >= 0.3 is 0 Å². The third kappa shape index (κ3) is 2.55. The molecule has 0 amide bonds. The molecule has 1 rings (SSSR count). The SMILES string of the molecule is [2H]c1nc(CC(C)N(C)C)ns1. The third-order valence-corrected chi connectivity index (χ3v) is 2.20. The maximum absolute atomic E-state index is 7.20. The second-order valence-corrected chi connectivity index (χ2v) is 3.37. The van der Waals surface area contributed by atoms with E-state index in [4.69, 9.17) is 1.37 Å². The highest BCUT2D eigenvalue weighted by Crippen LogP contribution is 2.01. The minimum absolute atomic E-state index is 0.302. The number of hydrogen-bond acceptors (Lipinski definition) is 4. The Morgan fingerprint density at radius 3 is 3.00 bits per heavy atom. The van der Waals surface area contributed by atoms with Gasteiger partial charge in [-0.1, -0.05) is 0 Å². The Hall–Kier alpha value is -0.480. The van der Waals surface area contributed by atoms with Crippen LogP contribution in [0.3, 0.4) is 0 Å². The normalized spacial score (nSPS) is 15.1. The molecule has 0 saturated heterocycles. The van der Waals surface area contributed by atoms with Crippen molar-refractivity contribution >= 4 is 11.5 Å². The van der Waals surface area contributed by atoms with Gasteiger partial charge in [-0.2, -0.15) is 4.37 Å². The highest BCUT2D eigenvalue weighted by atomic mass is 32.1. The van der Waals surface area contributed by atoms with Crippen molar-refractivity contribution in [3.8, 4) is 0 Å². The average Bonchev–Trinajstić information content (AvgIpc) is 2.35. The minimum atomic E-state index is 0.302. The molecule has 3 nitrogen and oxygen atoms in total. The Morgan fingerprint density at radius 2 is 2.55 bits per heavy atom. The van der Waals surface area contributed by atoms with Crippen LogP contribution in [0.1, 0.15) is 14.1 Å². The summed E-state index contributed by atoms with van der Waals surface area (Å²) in [7, 11) is 4.05. The van der Waals surface area contributed by atoms with E-state index < -0.39 is 0 Å². The Kier molecular flexibility index (Phi) is 2.47. The lowest BCUT2D eigenvalue weighted by Crippen LogP contribution is -2.26. The molecule has 4 heteroatoms. The van der Waals surface area contributed by atoms with Crippen LogP contribution in [0.2, 0.25) is 0 Å². The zero-order valence-electron chi connectivity index (χ0n) is 8.03. The van der Waals surface area contributed by atoms with Crippen LogP contribution in [0.15, 0.2) is 5.49 Å². The Morgan fingerprint density at radius 1 is 1.82 bits per heavy atom. The first-order valence-corrected chi connectivity index (χ1v) is 4.32. The van der Waals surface area contributed by atoms with Gasteiger partial charge in [0.1, 0.15) is 11.3 Å². The maximum atomic E-state index is 7.20. The topological polar surface area (TPSA) is 29.0 Å². The predicted molar refractivity (Wildman–Crippen MR) is 46.8 cm³/mol. The monoisotopic (exact) mass is 172 g/mol. The van der Waals surface area contributed by atoms with Crippen molar-refractivity contribution in [3.05, 3.63) is 11.3 Å². The summed E-state index contributed by atoms with van der Waals surface area (Å²) in [5.41, 5.74) is 0.302. The molecule has 1 atom stereocenters. The number of aromatic nitrogens is 2. The maximum Gasteiger partial charge on any atom is 0.143 e. The fourth-order valence-corrected chi connectivity index (χ4v) is 1.10. The van der Waals surface area contributed by atoms with Crippen LogP contribution in [0, 0.1) is 0 Å². The standard InChI is InChI=1S/C7H13N3S/c1-6(10(2)3)4-7-8-5-11-9-7/h5-6H,4H2,1-3H3/i5D. The molecule has 0 aliphatic heterocycles. The van der Waals surface area contributed by atoms with E-state index in [-0.39, 0.29) is 0 Å². The summed E-state index contributed by atoms with van der Waals surface area (Å²) in [5, 5.41) is 0. The van der Waals surface area contributed by atoms with Gasteiger partial charge in [-0.05, 0) is 32.6 Å². The quantitative estimate of drug-likeness (QED) is 0.682. The van der Waals surface area contributed by atoms with E-state index in [0.29, 0.717) is 11.5 Å². The largest absolute Gasteiger partial charge is 0.306 e. The molecule has 0 spiro atoms. The van der Waals surface area contributed by atoms with Crippen molar-refractivity contribution in [1.82, 2.24) is 14.3 Å². The van der Waals surface area contributed by atoms with Gasteiger partial charge in [0, 0.05) is 12.5 Å². The molecule has 62 valence electrons. The van der Waals surface area contributed by atoms with Crippen LogP contribution in [0.25, 0.3) is 0 Å². The first-order valence-electron chi connectivity index (χ1n) is 4.05. The number of likely N-dealkylation sites (N-methyl/N-ethyl adjacent to an activating group) is 1. The zero-order valence-corrected chi connectivity index (χ0v) is 7.85. The first-order chi connectivity index (χ1) is 5.59. The Bertz CT molecular complexity index is 249. The summed E-state index contributed by atoms with van der Waals surface area (Å²) in [4.78, 5) is 6.10. The van der Waals surface area contributed by atoms with Crippen LogP contribution in [-0.4, -0.2) is 34.4 Å². The van der Waals surface area contributed by atoms with Crippen LogP contribution >= 0.6 is 11.5 Å². The summed E-state index contributed by atoms with van der Waals surface area (Å²) in [6.07, 6.45) is 0.822. The van der Waals surface area contributed by atoms with Crippen molar-refractivity contribution in [2.24, 2.45) is 0 Å². The van der Waals surface area contributed by atoms with Crippen molar-refractivity contribution in [3.63, 3.8) is 0 Å². The molecular formula is C7H13N3S. The van der Waals surface area contributed by atoms with Gasteiger partial charge in [-0.25, -0.2) is 4.98 Å². The second kappa shape index (κ2) is 3.78. The van der Waals surface area contributed by atoms with E-state index in [0.717, 1.165) is 23.8 Å². The smallest absolute Gasteiger partial charge is 0.143 e. The molecular weight excluding hydrogens is 158 g/mol. The third-order valence-electron chi connectivity index (χ3n) is 1.73. The van der Waals surface area contributed by atoms with Crippen molar-refractivity contribution in [2.45, 2.75) is 19.4 Å². The predicted octanol–water partition coefficient (Wildman–Crippen LogP) is 1.03. The van der Waals surface area contributed by atoms with Crippen LogP contribution < -0.4 is 0 Å². The molecule has 0 bridgehead atoms. The molecule has 1 aromatic rings. The molecule has 0 fully saturated rings. The Labute approximate surface area is 72.6 Å². The van der Waals surface area contributed by atoms with Crippen LogP contribution in [-0.2, 0) is 6.42 Å². The molecule has 0 aliphatic rings. The lowest BCUT2D eigenvalue weighted by molar-refractivity contribution is 0.309. The van der Waals surface area contributed by atoms with E-state index in [9.17, 15) is 0 Å². The lowest BCUT2D eigenvalue weighted by Gasteiger charge is -2.17. The number of hydrogen-bond donors (Lipinski definition) is 0. The van der Waals surface area contributed by atoms with Gasteiger partial charge in [0.2, 0.25) is 0 Å². The minimum Gasteiger partial charge on any atom is -0.306 e. The first kappa shape index (κ1) is 7.18. The molecule has 0 N–H and O–H groups in total. The van der Waals surface area contributed by atoms with Gasteiger partial charge in [-0.15, -0.1) is 0 Å². The fraction of sp³-hybridized carbons (Fsp3) is 0.714. The molecule has 1 aromatic heterocycles. The molecule has 0 saturated carbocycles. The zero-order chi connectivity index (χ0) is 9.14. The van der Waals surface area contributed by atoms with Gasteiger partial charge in [0.15, 0.2) is 0 Å². The van der Waals surface area contributed by atoms with E-state index in [2.05, 4.69) is 21.2 Å². The summed E-state index contributed by atoms with van der Waals surface area (Å²) in [5.74, 6) is 0.784. The molecule has 0 aliphatic carbocycles. The van der Waals surface area contributed by atoms with Crippen molar-refractivity contribution in [2.75, 3.05) is 14.1 Å². The van der Waals surface area contributed by atoms with E-state index in [1.165, 1.54) is 0 Å². The van der Waals surface area contributed by atoms with Gasteiger partial charge < -0.3 is 4.90 Å². The van der Waals surface area contributed by atoms with E-state index in [1.54, 1.807) is 0 Å². The van der Waals surface area contributed by atoms with Crippen LogP contribution in [0.4, 0.5) is 0 Å². The van der Waals surface area contributed by atoms with Crippen molar-refractivity contribution < 1.29 is 1.37 Å². The Balaban J connectivity index is 2.52. The van der Waals surface area contributed by atoms with Gasteiger partial charge in [0.25, 0.3) is 0 Å². The summed E-state index contributed by atoms with van der Waals surface area (Å²) in [6, 6.07) is 0.430. The van der Waals surface area contributed by atoms with Gasteiger partial charge in [-0.3, -0.25) is 0 Å². The van der Waals surface area contributed by atoms with Gasteiger partial charge in [0.05, 0.1) is 1.37 Å². The number of rotatable bonds is 3. The second-order valence-electron chi connectivity index (χ2n) is 2.82. The van der Waals surface area contributed by atoms with Crippen molar-refractivity contribution in [1.29, 1.82) is 0 Å². The molecule has 1 heterocycles. The molecule has 11 heavy (non-hydrogen) atoms. The highest BCUT2D eigenvalue weighted by molar-refractivity contribution is 7.03. The van der Waals surface area contributed by atoms with E-state index in [1.807, 2.05) is 14.1 Å². The highest BCUT2D eigenvalue weighted by Gasteiger charge is 2.07. The molecule has 0 aromatic carbocycles. The fourth-order valence-electron chi connectivity index (χ4n) is 0.696. The summed E-state index contributed by atoms with van der Waals surface area (Å²) >= 11 is 1.15. The average molecular weight is 172 g/mol. The summed E-state index contributed by atoms with van der Waals surface area (Å²) in [6.45, 7) is 2.12. The number of nitrogens with zero attached hydrogens (tertiary/aromatic N) is 3. The van der Waals surface area contributed by atoms with E-state index >= 15 is 0 Å². The summed E-state index contributed by atoms with van der Waals surface area (Å²) < 4.78 is 11.3. The van der Waals surface area contributed by atoms with Crippen LogP contribution in [0.5, 0.6) is 0 Å². The molecule has 1 unspecified atom stereocenters. The lowest BCUT2D eigenvalue weighted by atomic mass is 10.2. The molecule has 0 radical (unpaired) electrons.